The number of aromatic nitrogens is 11. The predicted molar refractivity (Wildman–Crippen MR) is 591 cm³/mol. The van der Waals surface area contributed by atoms with Crippen LogP contribution in [0.5, 0.6) is 0 Å². The highest BCUT2D eigenvalue weighted by atomic mass is 16.3. The Morgan fingerprint density at radius 3 is 1.00 bits per heavy atom. The quantitative estimate of drug-likeness (QED) is 0.106. The molecule has 0 N–H and O–H groups in total. The lowest BCUT2D eigenvalue weighted by Gasteiger charge is -2.12. The molecule has 0 atom stereocenters. The monoisotopic (exact) mass is 1870 g/mol. The molecule has 29 rings (SSSR count). The van der Waals surface area contributed by atoms with Gasteiger partial charge in [0.25, 0.3) is 0 Å². The van der Waals surface area contributed by atoms with Crippen molar-refractivity contribution in [1.29, 1.82) is 0 Å². The molecule has 29 aromatic rings. The largest absolute Gasteiger partial charge is 0.456 e. The van der Waals surface area contributed by atoms with Gasteiger partial charge in [-0.3, -0.25) is 9.97 Å². The number of rotatable bonds is 13. The molecule has 0 unspecified atom stereocenters. The van der Waals surface area contributed by atoms with Gasteiger partial charge in [-0.05, 0) is 123 Å². The summed E-state index contributed by atoms with van der Waals surface area (Å²) in [4.78, 5) is 52.9. The topological polar surface area (TPSA) is 194 Å². The van der Waals surface area contributed by atoms with Gasteiger partial charge in [-0.2, -0.15) is 0 Å². The number of para-hydroxylation sites is 6. The van der Waals surface area contributed by atoms with Gasteiger partial charge in [0.15, 0.2) is 11.5 Å². The first kappa shape index (κ1) is 86.3. The van der Waals surface area contributed by atoms with Crippen molar-refractivity contribution in [3.8, 4) is 146 Å². The molecule has 0 bridgehead atoms. The van der Waals surface area contributed by atoms with Gasteiger partial charge in [0.1, 0.15) is 61.2 Å². The van der Waals surface area contributed by atoms with E-state index in [-0.39, 0.29) is 0 Å². The van der Waals surface area contributed by atoms with Crippen LogP contribution in [0.3, 0.4) is 0 Å². The third kappa shape index (κ3) is 16.4. The average molecular weight is 1870 g/mol. The average Bonchev–Trinajstić information content (AvgIpc) is 1.70. The summed E-state index contributed by atoms with van der Waals surface area (Å²) in [5.41, 5.74) is 38.0. The third-order valence-corrected chi connectivity index (χ3v) is 26.8. The fraction of sp³-hybridized carbons (Fsp3) is 0. The Balaban J connectivity index is 0.0000000991. The number of pyridine rings is 3. The standard InChI is InChI=1S/C37H23N3O.C32H20N2O.2C31H19N3O/c1-2-8-24(9-3-1)27-10-6-11-28(22-27)36-35(39-32-20-21-38-23-33(32)40-36)26-18-16-25(17-19-26)29-13-7-14-31-30-12-4-5-15-34(30)41-37(29)31;1-3-10-21(11-4-1)30-27-19-18-23(20-28(27)33-32(34-30)22-12-5-2-6-13-22)24-15-9-16-26-25-14-7-8-17-29(25)35-31(24)26;1-2-8-21(9-3-1)30-29(33-25-12-7-19-32-31(25)34-30)22-17-15-20(16-18-22)23-11-6-14-27-28(23)24-10-4-5-13-26(24)35-27;1-2-7-21(8-3-1)30-31(33-25-17-18-32-19-26(25)34-30)22-15-13-20(14-16-22)23-10-6-12-28-29(23)24-9-4-5-11-27(24)35-28/h1-23H;1-20H;2*1-19H. The minimum absolute atomic E-state index is 0.644. The summed E-state index contributed by atoms with van der Waals surface area (Å²) >= 11 is 0. The van der Waals surface area contributed by atoms with Gasteiger partial charge in [-0.25, -0.2) is 44.9 Å². The molecule has 0 fully saturated rings. The predicted octanol–water partition coefficient (Wildman–Crippen LogP) is 34.0. The second kappa shape index (κ2) is 37.6. The van der Waals surface area contributed by atoms with Gasteiger partial charge in [0, 0.05) is 123 Å². The van der Waals surface area contributed by atoms with E-state index in [1.807, 2.05) is 188 Å². The van der Waals surface area contributed by atoms with Gasteiger partial charge in [0.05, 0.1) is 68.8 Å². The van der Waals surface area contributed by atoms with Gasteiger partial charge >= 0.3 is 0 Å². The molecule has 11 heterocycles. The number of hydrogen-bond acceptors (Lipinski definition) is 15. The van der Waals surface area contributed by atoms with Crippen LogP contribution in [0.1, 0.15) is 0 Å². The van der Waals surface area contributed by atoms with Crippen molar-refractivity contribution in [2.24, 2.45) is 0 Å². The zero-order valence-corrected chi connectivity index (χ0v) is 78.3. The third-order valence-electron chi connectivity index (χ3n) is 26.8. The molecule has 0 amide bonds. The molecule has 0 saturated carbocycles. The first-order valence-electron chi connectivity index (χ1n) is 48.4. The molecule has 0 spiro atoms. The van der Waals surface area contributed by atoms with Crippen molar-refractivity contribution in [2.75, 3.05) is 0 Å². The summed E-state index contributed by atoms with van der Waals surface area (Å²) in [7, 11) is 0. The van der Waals surface area contributed by atoms with E-state index in [1.165, 1.54) is 0 Å². The lowest BCUT2D eigenvalue weighted by atomic mass is 9.97. The maximum Gasteiger partial charge on any atom is 0.178 e. The van der Waals surface area contributed by atoms with Crippen LogP contribution in [0.15, 0.2) is 510 Å². The highest BCUT2D eigenvalue weighted by Crippen LogP contribution is 2.46. The van der Waals surface area contributed by atoms with Crippen molar-refractivity contribution < 1.29 is 17.7 Å². The summed E-state index contributed by atoms with van der Waals surface area (Å²) in [6.07, 6.45) is 8.79. The van der Waals surface area contributed by atoms with E-state index >= 15 is 0 Å². The Bertz CT molecular complexity index is 9730. The van der Waals surface area contributed by atoms with E-state index in [1.54, 1.807) is 31.0 Å². The number of nitrogens with zero attached hydrogens (tertiary/aromatic N) is 11. The maximum absolute atomic E-state index is 6.30. The molecule has 0 aliphatic carbocycles. The zero-order valence-electron chi connectivity index (χ0n) is 78.3. The molecular weight excluding hydrogens is 1790 g/mol. The summed E-state index contributed by atoms with van der Waals surface area (Å²) in [5, 5.41) is 10.1. The number of fused-ring (bicyclic) bond motifs is 16. The van der Waals surface area contributed by atoms with Crippen molar-refractivity contribution in [3.63, 3.8) is 0 Å². The molecule has 146 heavy (non-hydrogen) atoms. The highest BCUT2D eigenvalue weighted by molar-refractivity contribution is 6.16. The van der Waals surface area contributed by atoms with Crippen LogP contribution in [0, 0.1) is 0 Å². The van der Waals surface area contributed by atoms with Crippen molar-refractivity contribution in [3.05, 3.63) is 492 Å². The fourth-order valence-corrected chi connectivity index (χ4v) is 19.8. The minimum atomic E-state index is 0.644. The zero-order chi connectivity index (χ0) is 96.7. The molecule has 15 heteroatoms. The number of furan rings is 4. The van der Waals surface area contributed by atoms with Crippen LogP contribution in [0.4, 0.5) is 0 Å². The smallest absolute Gasteiger partial charge is 0.178 e. The second-order valence-corrected chi connectivity index (χ2v) is 35.7. The molecule has 11 aromatic heterocycles. The normalized spacial score (nSPS) is 11.4. The molecule has 0 aliphatic heterocycles. The highest BCUT2D eigenvalue weighted by Gasteiger charge is 2.24. The Morgan fingerprint density at radius 1 is 0.158 bits per heavy atom. The lowest BCUT2D eigenvalue weighted by Crippen LogP contribution is -1.96. The van der Waals surface area contributed by atoms with Gasteiger partial charge in [-0.15, -0.1) is 0 Å². The Hall–Kier alpha value is -20.0. The molecule has 0 saturated heterocycles. The van der Waals surface area contributed by atoms with Crippen molar-refractivity contribution in [2.45, 2.75) is 0 Å². The Morgan fingerprint density at radius 2 is 0.500 bits per heavy atom. The van der Waals surface area contributed by atoms with Crippen LogP contribution >= 0.6 is 0 Å². The minimum Gasteiger partial charge on any atom is -0.456 e. The van der Waals surface area contributed by atoms with Crippen LogP contribution in [-0.4, -0.2) is 54.8 Å². The van der Waals surface area contributed by atoms with E-state index in [0.717, 1.165) is 272 Å². The van der Waals surface area contributed by atoms with Gasteiger partial charge in [-0.1, -0.05) is 382 Å². The Labute approximate surface area is 836 Å². The molecular formula is C131H81N11O4. The van der Waals surface area contributed by atoms with Gasteiger partial charge in [0.2, 0.25) is 0 Å². The second-order valence-electron chi connectivity index (χ2n) is 35.7. The van der Waals surface area contributed by atoms with Crippen LogP contribution < -0.4 is 0 Å². The molecule has 15 nitrogen and oxygen atoms in total. The summed E-state index contributed by atoms with van der Waals surface area (Å²) in [5.74, 6) is 0.719. The van der Waals surface area contributed by atoms with Crippen LogP contribution in [0.2, 0.25) is 0 Å². The van der Waals surface area contributed by atoms with E-state index in [0.29, 0.717) is 5.65 Å². The van der Waals surface area contributed by atoms with Gasteiger partial charge < -0.3 is 17.7 Å². The van der Waals surface area contributed by atoms with E-state index in [4.69, 9.17) is 57.5 Å². The summed E-state index contributed by atoms with van der Waals surface area (Å²) < 4.78 is 24.8. The van der Waals surface area contributed by atoms with Crippen LogP contribution in [0.25, 0.3) is 278 Å². The summed E-state index contributed by atoms with van der Waals surface area (Å²) in [6.45, 7) is 0. The van der Waals surface area contributed by atoms with E-state index in [9.17, 15) is 0 Å². The van der Waals surface area contributed by atoms with Crippen LogP contribution in [-0.2, 0) is 0 Å². The Kier molecular flexibility index (Phi) is 22.2. The SMILES string of the molecule is c1ccc(-c2cccc(-c3nc4cnccc4nc3-c3ccc(-c4cccc5c4oc4ccccc45)cc3)c2)cc1.c1ccc(-c2nc(-c3ccccc3)c3ccc(-c4cccc5c4oc4ccccc45)cc3n2)cc1.c1ccc(-c2nc3cnccc3nc2-c2ccc(-c3cccc4oc5ccccc5c34)cc2)cc1.c1ccc(-c2nc3ncccc3nc2-c2ccc(-c3cccc4oc5ccccc5c34)cc2)cc1. The van der Waals surface area contributed by atoms with E-state index < -0.39 is 0 Å². The first-order valence-corrected chi connectivity index (χ1v) is 48.4. The molecule has 0 radical (unpaired) electrons. The number of benzene rings is 18. The summed E-state index contributed by atoms with van der Waals surface area (Å²) in [6, 6.07) is 157. The number of hydrogen-bond donors (Lipinski definition) is 0. The maximum atomic E-state index is 6.30. The molecule has 684 valence electrons. The molecule has 0 aliphatic rings. The first-order chi connectivity index (χ1) is 72.4. The van der Waals surface area contributed by atoms with Crippen molar-refractivity contribution in [1.82, 2.24) is 54.8 Å². The lowest BCUT2D eigenvalue weighted by molar-refractivity contribution is 0.668. The fourth-order valence-electron chi connectivity index (χ4n) is 19.8. The van der Waals surface area contributed by atoms with E-state index in [2.05, 4.69) is 288 Å². The van der Waals surface area contributed by atoms with Crippen molar-refractivity contribution >= 4 is 132 Å². The molecule has 18 aromatic carbocycles.